The number of para-hydroxylation sites is 3. The number of fused-ring (bicyclic) bond motifs is 5. The van der Waals surface area contributed by atoms with Crippen LogP contribution in [0.3, 0.4) is 0 Å². The van der Waals surface area contributed by atoms with E-state index in [1.54, 1.807) is 0 Å². The molecule has 2 heterocycles. The number of hydrogen-bond acceptors (Lipinski definition) is 1. The van der Waals surface area contributed by atoms with Gasteiger partial charge in [-0.25, -0.2) is 4.99 Å². The van der Waals surface area contributed by atoms with E-state index in [4.69, 9.17) is 11.1 Å². The van der Waals surface area contributed by atoms with Gasteiger partial charge in [-0.15, -0.1) is 0 Å². The number of rotatable bonds is 7. The number of amidine groups is 2. The molecule has 300 valence electrons. The molecule has 5 heteroatoms. The van der Waals surface area contributed by atoms with E-state index in [0.717, 1.165) is 39.4 Å². The van der Waals surface area contributed by atoms with Gasteiger partial charge >= 0.3 is 0 Å². The molecule has 0 radical (unpaired) electrons. The zero-order valence-corrected chi connectivity index (χ0v) is 35.0. The number of allylic oxidation sites excluding steroid dienone is 1. The van der Waals surface area contributed by atoms with Crippen molar-refractivity contribution in [1.29, 1.82) is 5.41 Å². The highest BCUT2D eigenvalue weighted by atomic mass is 15.0. The molecule has 0 aliphatic heterocycles. The Labute approximate surface area is 361 Å². The van der Waals surface area contributed by atoms with Crippen LogP contribution >= 0.6 is 0 Å². The molecule has 0 spiro atoms. The minimum Gasteiger partial charge on any atom is -0.383 e. The number of nitrogens with zero attached hydrogens (tertiary/aromatic N) is 3. The van der Waals surface area contributed by atoms with Crippen molar-refractivity contribution in [3.8, 4) is 11.4 Å². The third-order valence-electron chi connectivity index (χ3n) is 11.4. The van der Waals surface area contributed by atoms with E-state index in [1.807, 2.05) is 54.6 Å². The summed E-state index contributed by atoms with van der Waals surface area (Å²) in [4.78, 5) is 4.22. The number of aliphatic imine (C=N–C) groups is 1. The molecule has 8 aromatic carbocycles. The zero-order chi connectivity index (χ0) is 42.6. The molecule has 0 unspecified atom stereocenters. The van der Waals surface area contributed by atoms with E-state index < -0.39 is 0 Å². The largest absolute Gasteiger partial charge is 0.383 e. The smallest absolute Gasteiger partial charge is 0.154 e. The van der Waals surface area contributed by atoms with E-state index in [2.05, 4.69) is 186 Å². The van der Waals surface area contributed by atoms with Crippen LogP contribution in [0, 0.1) is 19.3 Å². The molecule has 5 nitrogen and oxygen atoms in total. The topological polar surface area (TPSA) is 72.1 Å². The lowest BCUT2D eigenvalue weighted by atomic mass is 10.0. The van der Waals surface area contributed by atoms with Gasteiger partial charge in [0.15, 0.2) is 5.84 Å². The summed E-state index contributed by atoms with van der Waals surface area (Å²) in [6, 6.07) is 65.3. The van der Waals surface area contributed by atoms with Crippen molar-refractivity contribution >= 4 is 67.3 Å². The summed E-state index contributed by atoms with van der Waals surface area (Å²) in [6.45, 7) is 8.22. The van der Waals surface area contributed by atoms with Gasteiger partial charge in [0.05, 0.1) is 21.9 Å². The van der Waals surface area contributed by atoms with Crippen LogP contribution < -0.4 is 16.3 Å². The molecule has 0 aliphatic rings. The zero-order valence-electron chi connectivity index (χ0n) is 35.0. The SMILES string of the molecule is C=C/C=c1\c(=C/Cc2ccc3c(c2)c2ccccc2n3-c2ccc(C)cc2)c2ccccc2n1-c1ccccc1.Cc1ccc2ccc(C(=N)N=C(N)c3ccccc3)cc2c1. The summed E-state index contributed by atoms with van der Waals surface area (Å²) in [6.07, 6.45) is 7.21. The highest BCUT2D eigenvalue weighted by Crippen LogP contribution is 2.33. The Balaban J connectivity index is 0.000000188. The molecule has 0 saturated carbocycles. The van der Waals surface area contributed by atoms with Crippen molar-refractivity contribution in [1.82, 2.24) is 9.13 Å². The highest BCUT2D eigenvalue weighted by molar-refractivity contribution is 6.11. The molecule has 10 aromatic rings. The number of hydrogen-bond donors (Lipinski definition) is 2. The van der Waals surface area contributed by atoms with Crippen molar-refractivity contribution in [3.05, 3.63) is 239 Å². The quantitative estimate of drug-likeness (QED) is 0.122. The number of nitrogens with two attached hydrogens (primary N) is 1. The van der Waals surface area contributed by atoms with Gasteiger partial charge < -0.3 is 14.9 Å². The molecule has 62 heavy (non-hydrogen) atoms. The minimum absolute atomic E-state index is 0.171. The molecule has 10 rings (SSSR count). The Kier molecular flexibility index (Phi) is 11.0. The summed E-state index contributed by atoms with van der Waals surface area (Å²) in [5, 5.41) is 16.6. The van der Waals surface area contributed by atoms with Crippen molar-refractivity contribution < 1.29 is 0 Å². The van der Waals surface area contributed by atoms with Gasteiger partial charge in [-0.2, -0.15) is 0 Å². The first-order chi connectivity index (χ1) is 30.4. The molecular weight excluding hydrogens is 755 g/mol. The lowest BCUT2D eigenvalue weighted by Crippen LogP contribution is -2.28. The van der Waals surface area contributed by atoms with Gasteiger partial charge in [0.2, 0.25) is 0 Å². The summed E-state index contributed by atoms with van der Waals surface area (Å²) in [5.74, 6) is 0.527. The average molecular weight is 802 g/mol. The van der Waals surface area contributed by atoms with Gasteiger partial charge in [-0.3, -0.25) is 5.41 Å². The van der Waals surface area contributed by atoms with Crippen molar-refractivity contribution in [2.75, 3.05) is 0 Å². The third kappa shape index (κ3) is 7.87. The van der Waals surface area contributed by atoms with Crippen LogP contribution in [-0.4, -0.2) is 20.8 Å². The monoisotopic (exact) mass is 801 g/mol. The number of aryl methyl sites for hydroxylation is 2. The van der Waals surface area contributed by atoms with Crippen molar-refractivity contribution in [3.63, 3.8) is 0 Å². The molecular formula is C57H47N5. The Morgan fingerprint density at radius 3 is 1.92 bits per heavy atom. The third-order valence-corrected chi connectivity index (χ3v) is 11.4. The van der Waals surface area contributed by atoms with Gasteiger partial charge in [-0.1, -0.05) is 163 Å². The lowest BCUT2D eigenvalue weighted by Gasteiger charge is -2.08. The fourth-order valence-electron chi connectivity index (χ4n) is 8.34. The predicted octanol–water partition coefficient (Wildman–Crippen LogP) is 11.9. The van der Waals surface area contributed by atoms with Gasteiger partial charge in [0.25, 0.3) is 0 Å². The fourth-order valence-corrected chi connectivity index (χ4v) is 8.34. The summed E-state index contributed by atoms with van der Waals surface area (Å²) in [5.41, 5.74) is 17.3. The van der Waals surface area contributed by atoms with E-state index in [0.29, 0.717) is 5.84 Å². The van der Waals surface area contributed by atoms with E-state index in [9.17, 15) is 0 Å². The second-order valence-electron chi connectivity index (χ2n) is 15.6. The number of aromatic nitrogens is 2. The van der Waals surface area contributed by atoms with E-state index in [-0.39, 0.29) is 5.84 Å². The molecule has 0 atom stereocenters. The summed E-state index contributed by atoms with van der Waals surface area (Å²) in [7, 11) is 0. The van der Waals surface area contributed by atoms with E-state index in [1.165, 1.54) is 60.3 Å². The first kappa shape index (κ1) is 39.4. The van der Waals surface area contributed by atoms with Crippen LogP contribution in [0.1, 0.15) is 27.8 Å². The Hall–Kier alpha value is -8.02. The van der Waals surface area contributed by atoms with Crippen LogP contribution in [0.15, 0.2) is 206 Å². The maximum absolute atomic E-state index is 8.17. The molecule has 0 amide bonds. The average Bonchev–Trinajstić information content (AvgIpc) is 3.81. The summed E-state index contributed by atoms with van der Waals surface area (Å²) < 4.78 is 4.71. The van der Waals surface area contributed by atoms with Crippen molar-refractivity contribution in [2.45, 2.75) is 20.3 Å². The normalized spacial score (nSPS) is 12.3. The van der Waals surface area contributed by atoms with Gasteiger partial charge in [0.1, 0.15) is 5.84 Å². The first-order valence-electron chi connectivity index (χ1n) is 20.9. The second kappa shape index (κ2) is 17.3. The molecule has 0 fully saturated rings. The van der Waals surface area contributed by atoms with Crippen molar-refractivity contribution in [2.24, 2.45) is 10.7 Å². The van der Waals surface area contributed by atoms with E-state index >= 15 is 0 Å². The van der Waals surface area contributed by atoms with Crippen LogP contribution in [0.25, 0.3) is 67.0 Å². The van der Waals surface area contributed by atoms with Crippen LogP contribution in [-0.2, 0) is 6.42 Å². The maximum atomic E-state index is 8.17. The molecule has 0 bridgehead atoms. The van der Waals surface area contributed by atoms with Crippen LogP contribution in [0.4, 0.5) is 0 Å². The molecule has 3 N–H and O–H groups in total. The number of benzene rings is 8. The maximum Gasteiger partial charge on any atom is 0.154 e. The molecule has 2 aromatic heterocycles. The molecule has 0 aliphatic carbocycles. The lowest BCUT2D eigenvalue weighted by molar-refractivity contribution is 1.07. The Bertz CT molecular complexity index is 3420. The van der Waals surface area contributed by atoms with Crippen LogP contribution in [0.2, 0.25) is 0 Å². The van der Waals surface area contributed by atoms with Gasteiger partial charge in [-0.05, 0) is 97.3 Å². The Morgan fingerprint density at radius 1 is 0.565 bits per heavy atom. The number of nitrogens with one attached hydrogen (secondary N) is 1. The predicted molar refractivity (Wildman–Crippen MR) is 264 cm³/mol. The second-order valence-corrected chi connectivity index (χ2v) is 15.6. The first-order valence-corrected chi connectivity index (χ1v) is 20.9. The Morgan fingerprint density at radius 2 is 1.18 bits per heavy atom. The minimum atomic E-state index is 0.171. The standard InChI is InChI=1S/C38H30N2.C19H17N3/c1-3-11-35-33(31-14-7-9-16-36(31)39(35)29-12-5-4-6-13-29)24-20-28-21-25-38-34(26-28)32-15-8-10-17-37(32)40(38)30-22-18-27(2)19-23-30;1-13-7-8-14-9-10-16(12-17(14)11-13)19(21)22-18(20)15-5-3-2-4-6-15/h3-19,21-26H,1,20H2,2H3;2-12H,1H3,(H3,20,21,22)/b33-24-,35-11+;. The fraction of sp³-hybridized carbons (Fsp3) is 0.0526. The molecule has 0 saturated heterocycles. The van der Waals surface area contributed by atoms with Gasteiger partial charge in [0, 0.05) is 43.9 Å². The highest BCUT2D eigenvalue weighted by Gasteiger charge is 2.13. The van der Waals surface area contributed by atoms with Crippen LogP contribution in [0.5, 0.6) is 0 Å². The summed E-state index contributed by atoms with van der Waals surface area (Å²) >= 11 is 0.